The number of nitrogens with zero attached hydrogens (tertiary/aromatic N) is 2. The van der Waals surface area contributed by atoms with Crippen LogP contribution >= 0.6 is 11.3 Å². The van der Waals surface area contributed by atoms with E-state index in [1.54, 1.807) is 17.6 Å². The van der Waals surface area contributed by atoms with Gasteiger partial charge < -0.3 is 4.48 Å². The minimum Gasteiger partial charge on any atom is -0.323 e. The smallest absolute Gasteiger partial charge is 0.295 e. The van der Waals surface area contributed by atoms with Gasteiger partial charge in [-0.1, -0.05) is 6.07 Å². The Balaban J connectivity index is 2.35. The topological polar surface area (TPSA) is 41.5 Å². The average molecular weight is 226 g/mol. The highest BCUT2D eigenvalue weighted by atomic mass is 32.1. The number of likely N-dealkylation sites (N-methyl/N-ethyl adjacent to an activating group) is 1. The predicted molar refractivity (Wildman–Crippen MR) is 63.0 cm³/mol. The quantitative estimate of drug-likeness (QED) is 0.463. The van der Waals surface area contributed by atoms with E-state index in [-0.39, 0.29) is 5.91 Å². The van der Waals surface area contributed by atoms with E-state index in [0.717, 1.165) is 4.88 Å². The number of carbonyl (C=O) groups excluding carboxylic acids is 1. The van der Waals surface area contributed by atoms with Crippen LogP contribution in [-0.2, 0) is 4.79 Å². The van der Waals surface area contributed by atoms with Crippen LogP contribution in [-0.4, -0.2) is 44.3 Å². The molecule has 1 amide bonds. The molecular formula is C10H16N3OS+. The normalized spacial score (nSPS) is 11.9. The van der Waals surface area contributed by atoms with Gasteiger partial charge in [0, 0.05) is 4.88 Å². The molecule has 0 saturated heterocycles. The first-order valence-electron chi connectivity index (χ1n) is 4.63. The summed E-state index contributed by atoms with van der Waals surface area (Å²) in [4.78, 5) is 12.4. The van der Waals surface area contributed by atoms with Crippen LogP contribution in [0.15, 0.2) is 22.6 Å². The van der Waals surface area contributed by atoms with Crippen molar-refractivity contribution in [1.29, 1.82) is 0 Å². The number of rotatable bonds is 4. The molecule has 0 aliphatic rings. The molecule has 0 spiro atoms. The predicted octanol–water partition coefficient (Wildman–Crippen LogP) is 0.904. The van der Waals surface area contributed by atoms with E-state index in [1.165, 1.54) is 0 Å². The molecule has 5 heteroatoms. The SMILES string of the molecule is C[N+](C)(C)CC(=O)N/N=C\c1cccs1. The monoisotopic (exact) mass is 226 g/mol. The molecule has 0 radical (unpaired) electrons. The second kappa shape index (κ2) is 5.04. The maximum absolute atomic E-state index is 11.4. The molecule has 15 heavy (non-hydrogen) atoms. The Morgan fingerprint density at radius 2 is 2.33 bits per heavy atom. The molecule has 0 fully saturated rings. The molecule has 1 N–H and O–H groups in total. The lowest BCUT2D eigenvalue weighted by atomic mass is 10.5. The van der Waals surface area contributed by atoms with Crippen molar-refractivity contribution in [3.63, 3.8) is 0 Å². The van der Waals surface area contributed by atoms with Crippen LogP contribution < -0.4 is 5.43 Å². The zero-order valence-corrected chi connectivity index (χ0v) is 10.0. The van der Waals surface area contributed by atoms with E-state index >= 15 is 0 Å². The molecule has 0 atom stereocenters. The minimum atomic E-state index is -0.0738. The van der Waals surface area contributed by atoms with Crippen LogP contribution in [0.25, 0.3) is 0 Å². The van der Waals surface area contributed by atoms with Crippen LogP contribution in [0.4, 0.5) is 0 Å². The van der Waals surface area contributed by atoms with Crippen molar-refractivity contribution in [2.75, 3.05) is 27.7 Å². The molecule has 0 saturated carbocycles. The molecule has 1 heterocycles. The number of hydrogen-bond donors (Lipinski definition) is 1. The van der Waals surface area contributed by atoms with Gasteiger partial charge in [-0.05, 0) is 11.4 Å². The second-order valence-electron chi connectivity index (χ2n) is 4.26. The van der Waals surface area contributed by atoms with Gasteiger partial charge in [-0.3, -0.25) is 4.79 Å². The van der Waals surface area contributed by atoms with Gasteiger partial charge >= 0.3 is 0 Å². The summed E-state index contributed by atoms with van der Waals surface area (Å²) in [5.74, 6) is -0.0738. The second-order valence-corrected chi connectivity index (χ2v) is 5.24. The number of carbonyl (C=O) groups is 1. The Kier molecular flexibility index (Phi) is 3.99. The summed E-state index contributed by atoms with van der Waals surface area (Å²) in [7, 11) is 5.88. The Bertz CT molecular complexity index is 338. The summed E-state index contributed by atoms with van der Waals surface area (Å²) in [6, 6.07) is 3.89. The van der Waals surface area contributed by atoms with E-state index in [2.05, 4.69) is 10.5 Å². The van der Waals surface area contributed by atoms with Crippen LogP contribution in [0.5, 0.6) is 0 Å². The average Bonchev–Trinajstić information content (AvgIpc) is 2.53. The van der Waals surface area contributed by atoms with Crippen LogP contribution in [0.2, 0.25) is 0 Å². The molecular weight excluding hydrogens is 210 g/mol. The number of quaternary nitrogens is 1. The van der Waals surface area contributed by atoms with Crippen molar-refractivity contribution in [2.45, 2.75) is 0 Å². The lowest BCUT2D eigenvalue weighted by Crippen LogP contribution is -2.43. The first-order valence-corrected chi connectivity index (χ1v) is 5.51. The highest BCUT2D eigenvalue weighted by Crippen LogP contribution is 2.03. The van der Waals surface area contributed by atoms with Gasteiger partial charge in [0.05, 0.1) is 27.4 Å². The molecule has 1 aromatic rings. The van der Waals surface area contributed by atoms with Gasteiger partial charge in [-0.2, -0.15) is 5.10 Å². The third-order valence-electron chi connectivity index (χ3n) is 1.54. The molecule has 0 bridgehead atoms. The Labute approximate surface area is 93.8 Å². The molecule has 0 unspecified atom stereocenters. The highest BCUT2D eigenvalue weighted by molar-refractivity contribution is 7.11. The summed E-state index contributed by atoms with van der Waals surface area (Å²) < 4.78 is 0.598. The summed E-state index contributed by atoms with van der Waals surface area (Å²) in [6.45, 7) is 0.418. The van der Waals surface area contributed by atoms with Gasteiger partial charge in [0.25, 0.3) is 5.91 Å². The van der Waals surface area contributed by atoms with Crippen molar-refractivity contribution in [3.05, 3.63) is 22.4 Å². The van der Waals surface area contributed by atoms with E-state index < -0.39 is 0 Å². The van der Waals surface area contributed by atoms with Crippen molar-refractivity contribution in [3.8, 4) is 0 Å². The van der Waals surface area contributed by atoms with Gasteiger partial charge in [0.2, 0.25) is 0 Å². The van der Waals surface area contributed by atoms with Crippen molar-refractivity contribution >= 4 is 23.5 Å². The van der Waals surface area contributed by atoms with Crippen molar-refractivity contribution < 1.29 is 9.28 Å². The number of nitrogens with one attached hydrogen (secondary N) is 1. The maximum atomic E-state index is 11.4. The van der Waals surface area contributed by atoms with Gasteiger partial charge in [-0.25, -0.2) is 5.43 Å². The standard InChI is InChI=1S/C10H15N3OS/c1-13(2,3)8-10(14)12-11-7-9-5-4-6-15-9/h4-7H,8H2,1-3H3/p+1/b11-7-. The Morgan fingerprint density at radius 1 is 1.60 bits per heavy atom. The fourth-order valence-electron chi connectivity index (χ4n) is 0.999. The van der Waals surface area contributed by atoms with E-state index in [4.69, 9.17) is 0 Å². The van der Waals surface area contributed by atoms with Gasteiger partial charge in [-0.15, -0.1) is 11.3 Å². The number of thiophene rings is 1. The first-order chi connectivity index (χ1) is 6.97. The fourth-order valence-corrected chi connectivity index (χ4v) is 1.58. The van der Waals surface area contributed by atoms with Crippen LogP contribution in [0, 0.1) is 0 Å². The zero-order valence-electron chi connectivity index (χ0n) is 9.23. The Hall–Kier alpha value is -1.20. The minimum absolute atomic E-state index is 0.0738. The molecule has 4 nitrogen and oxygen atoms in total. The molecule has 1 aromatic heterocycles. The Morgan fingerprint density at radius 3 is 2.87 bits per heavy atom. The largest absolute Gasteiger partial charge is 0.323 e. The fraction of sp³-hybridized carbons (Fsp3) is 0.400. The zero-order chi connectivity index (χ0) is 11.3. The molecule has 82 valence electrons. The molecule has 0 aromatic carbocycles. The summed E-state index contributed by atoms with van der Waals surface area (Å²) in [6.07, 6.45) is 1.65. The van der Waals surface area contributed by atoms with Crippen LogP contribution in [0.1, 0.15) is 4.88 Å². The number of hydrogen-bond acceptors (Lipinski definition) is 3. The lowest BCUT2D eigenvalue weighted by molar-refractivity contribution is -0.862. The van der Waals surface area contributed by atoms with E-state index in [0.29, 0.717) is 11.0 Å². The maximum Gasteiger partial charge on any atom is 0.295 e. The number of amides is 1. The summed E-state index contributed by atoms with van der Waals surface area (Å²) in [5.41, 5.74) is 2.50. The highest BCUT2D eigenvalue weighted by Gasteiger charge is 2.12. The summed E-state index contributed by atoms with van der Waals surface area (Å²) >= 11 is 1.58. The van der Waals surface area contributed by atoms with Crippen molar-refractivity contribution in [2.24, 2.45) is 5.10 Å². The van der Waals surface area contributed by atoms with E-state index in [9.17, 15) is 4.79 Å². The number of hydrazone groups is 1. The molecule has 0 aliphatic carbocycles. The van der Waals surface area contributed by atoms with Gasteiger partial charge in [0.1, 0.15) is 0 Å². The lowest BCUT2D eigenvalue weighted by Gasteiger charge is -2.21. The first kappa shape index (κ1) is 11.9. The van der Waals surface area contributed by atoms with Crippen LogP contribution in [0.3, 0.4) is 0 Å². The summed E-state index contributed by atoms with van der Waals surface area (Å²) in [5, 5.41) is 5.84. The van der Waals surface area contributed by atoms with E-state index in [1.807, 2.05) is 38.7 Å². The van der Waals surface area contributed by atoms with Crippen molar-refractivity contribution in [1.82, 2.24) is 5.43 Å². The van der Waals surface area contributed by atoms with Gasteiger partial charge in [0.15, 0.2) is 6.54 Å². The molecule has 1 rings (SSSR count). The molecule has 0 aliphatic heterocycles. The third-order valence-corrected chi connectivity index (χ3v) is 2.35. The third kappa shape index (κ3) is 5.29.